The number of ether oxygens (including phenoxy) is 1. The molecule has 0 aliphatic heterocycles. The zero-order valence-electron chi connectivity index (χ0n) is 9.71. The first kappa shape index (κ1) is 12.8. The summed E-state index contributed by atoms with van der Waals surface area (Å²) in [6, 6.07) is 7.75. The Bertz CT molecular complexity index is 377. The SMILES string of the molecule is COc1ccccc1C(C)(C)CNC(=O)Cl. The zero-order chi connectivity index (χ0) is 12.2. The lowest BCUT2D eigenvalue weighted by Gasteiger charge is -2.26. The minimum absolute atomic E-state index is 0.225. The molecule has 0 saturated carbocycles. The van der Waals surface area contributed by atoms with Gasteiger partial charge in [0, 0.05) is 17.5 Å². The molecule has 0 unspecified atom stereocenters. The van der Waals surface area contributed by atoms with Crippen LogP contribution in [0.2, 0.25) is 0 Å². The molecule has 0 spiro atoms. The third kappa shape index (κ3) is 3.14. The van der Waals surface area contributed by atoms with Gasteiger partial charge in [0.2, 0.25) is 0 Å². The van der Waals surface area contributed by atoms with Crippen molar-refractivity contribution in [2.45, 2.75) is 19.3 Å². The van der Waals surface area contributed by atoms with E-state index in [0.29, 0.717) is 6.54 Å². The Morgan fingerprint density at radius 2 is 2.06 bits per heavy atom. The molecule has 1 aromatic carbocycles. The summed E-state index contributed by atoms with van der Waals surface area (Å²) in [4.78, 5) is 10.7. The van der Waals surface area contributed by atoms with Crippen LogP contribution < -0.4 is 10.1 Å². The lowest BCUT2D eigenvalue weighted by molar-refractivity contribution is 0.257. The van der Waals surface area contributed by atoms with Crippen LogP contribution in [0.1, 0.15) is 19.4 Å². The van der Waals surface area contributed by atoms with Gasteiger partial charge in [-0.1, -0.05) is 32.0 Å². The highest BCUT2D eigenvalue weighted by atomic mass is 35.5. The number of carbonyl (C=O) groups is 1. The predicted octanol–water partition coefficient (Wildman–Crippen LogP) is 2.92. The lowest BCUT2D eigenvalue weighted by atomic mass is 9.84. The molecule has 4 heteroatoms. The quantitative estimate of drug-likeness (QED) is 0.650. The maximum Gasteiger partial charge on any atom is 0.313 e. The number of para-hydroxylation sites is 1. The zero-order valence-corrected chi connectivity index (χ0v) is 10.5. The van der Waals surface area contributed by atoms with Crippen LogP contribution in [0.4, 0.5) is 4.79 Å². The fraction of sp³-hybridized carbons (Fsp3) is 0.417. The molecule has 0 atom stereocenters. The predicted molar refractivity (Wildman–Crippen MR) is 65.3 cm³/mol. The Morgan fingerprint density at radius 1 is 1.44 bits per heavy atom. The Morgan fingerprint density at radius 3 is 2.62 bits per heavy atom. The molecular weight excluding hydrogens is 226 g/mol. The summed E-state index contributed by atoms with van der Waals surface area (Å²) in [6.07, 6.45) is 0. The van der Waals surface area contributed by atoms with Crippen LogP contribution in [-0.4, -0.2) is 19.0 Å². The summed E-state index contributed by atoms with van der Waals surface area (Å²) >= 11 is 5.26. The average molecular weight is 242 g/mol. The first-order valence-corrected chi connectivity index (χ1v) is 5.42. The van der Waals surface area contributed by atoms with Crippen LogP contribution in [0.25, 0.3) is 0 Å². The first-order chi connectivity index (χ1) is 7.47. The van der Waals surface area contributed by atoms with E-state index in [0.717, 1.165) is 11.3 Å². The van der Waals surface area contributed by atoms with Gasteiger partial charge >= 0.3 is 5.37 Å². The summed E-state index contributed by atoms with van der Waals surface area (Å²) < 4.78 is 5.29. The molecule has 0 fully saturated rings. The molecule has 0 radical (unpaired) electrons. The van der Waals surface area contributed by atoms with E-state index in [1.54, 1.807) is 7.11 Å². The van der Waals surface area contributed by atoms with E-state index in [-0.39, 0.29) is 5.41 Å². The van der Waals surface area contributed by atoms with Gasteiger partial charge in [0.25, 0.3) is 0 Å². The standard InChI is InChI=1S/C12H16ClNO2/c1-12(2,8-14-11(13)15)9-6-4-5-7-10(9)16-3/h4-7H,8H2,1-3H3,(H,14,15). The molecule has 88 valence electrons. The van der Waals surface area contributed by atoms with E-state index in [4.69, 9.17) is 16.3 Å². The van der Waals surface area contributed by atoms with Gasteiger partial charge < -0.3 is 10.1 Å². The molecule has 0 bridgehead atoms. The van der Waals surface area contributed by atoms with Gasteiger partial charge in [-0.2, -0.15) is 0 Å². The number of amides is 1. The van der Waals surface area contributed by atoms with E-state index in [9.17, 15) is 4.79 Å². The summed E-state index contributed by atoms with van der Waals surface area (Å²) in [5.41, 5.74) is 0.819. The maximum absolute atomic E-state index is 10.7. The van der Waals surface area contributed by atoms with Gasteiger partial charge in [-0.15, -0.1) is 0 Å². The van der Waals surface area contributed by atoms with Crippen molar-refractivity contribution in [2.24, 2.45) is 0 Å². The smallest absolute Gasteiger partial charge is 0.313 e. The van der Waals surface area contributed by atoms with E-state index < -0.39 is 5.37 Å². The largest absolute Gasteiger partial charge is 0.496 e. The highest BCUT2D eigenvalue weighted by molar-refractivity contribution is 6.62. The molecule has 1 aromatic rings. The second-order valence-electron chi connectivity index (χ2n) is 4.21. The highest BCUT2D eigenvalue weighted by Gasteiger charge is 2.24. The molecule has 1 rings (SSSR count). The van der Waals surface area contributed by atoms with Crippen LogP contribution in [0.5, 0.6) is 5.75 Å². The first-order valence-electron chi connectivity index (χ1n) is 5.04. The van der Waals surface area contributed by atoms with Crippen LogP contribution in [-0.2, 0) is 5.41 Å². The second-order valence-corrected chi connectivity index (χ2v) is 4.55. The summed E-state index contributed by atoms with van der Waals surface area (Å²) in [5.74, 6) is 0.816. The van der Waals surface area contributed by atoms with Crippen molar-refractivity contribution in [1.29, 1.82) is 0 Å². The number of nitrogens with one attached hydrogen (secondary N) is 1. The minimum atomic E-state index is -0.539. The molecule has 0 aromatic heterocycles. The van der Waals surface area contributed by atoms with E-state index in [1.807, 2.05) is 38.1 Å². The number of hydrogen-bond acceptors (Lipinski definition) is 2. The van der Waals surface area contributed by atoms with E-state index in [1.165, 1.54) is 0 Å². The van der Waals surface area contributed by atoms with Gasteiger partial charge in [-0.25, -0.2) is 0 Å². The van der Waals surface area contributed by atoms with Gasteiger partial charge in [-0.3, -0.25) is 4.79 Å². The van der Waals surface area contributed by atoms with E-state index >= 15 is 0 Å². The Kier molecular flexibility index (Phi) is 4.19. The molecule has 0 aliphatic rings. The third-order valence-corrected chi connectivity index (χ3v) is 2.64. The van der Waals surface area contributed by atoms with Crippen molar-refractivity contribution in [3.8, 4) is 5.75 Å². The molecule has 1 N–H and O–H groups in total. The highest BCUT2D eigenvalue weighted by Crippen LogP contribution is 2.30. The summed E-state index contributed by atoms with van der Waals surface area (Å²) in [5, 5.41) is 2.07. The monoisotopic (exact) mass is 241 g/mol. The van der Waals surface area contributed by atoms with Crippen LogP contribution >= 0.6 is 11.6 Å². The summed E-state index contributed by atoms with van der Waals surface area (Å²) in [7, 11) is 1.63. The minimum Gasteiger partial charge on any atom is -0.496 e. The summed E-state index contributed by atoms with van der Waals surface area (Å²) in [6.45, 7) is 4.52. The van der Waals surface area contributed by atoms with Crippen molar-refractivity contribution in [3.05, 3.63) is 29.8 Å². The Balaban J connectivity index is 2.92. The van der Waals surface area contributed by atoms with Gasteiger partial charge in [-0.05, 0) is 17.7 Å². The molecule has 3 nitrogen and oxygen atoms in total. The van der Waals surface area contributed by atoms with Gasteiger partial charge in [0.15, 0.2) is 0 Å². The third-order valence-electron chi connectivity index (χ3n) is 2.51. The van der Waals surface area contributed by atoms with Crippen molar-refractivity contribution >= 4 is 17.0 Å². The number of carbonyl (C=O) groups excluding carboxylic acids is 1. The molecule has 0 heterocycles. The maximum atomic E-state index is 10.7. The number of rotatable bonds is 4. The number of methoxy groups -OCH3 is 1. The van der Waals surface area contributed by atoms with Crippen molar-refractivity contribution in [1.82, 2.24) is 5.32 Å². The normalized spacial score (nSPS) is 11.0. The second kappa shape index (κ2) is 5.21. The average Bonchev–Trinajstić information content (AvgIpc) is 2.26. The fourth-order valence-corrected chi connectivity index (χ4v) is 1.66. The molecule has 0 saturated heterocycles. The van der Waals surface area contributed by atoms with E-state index in [2.05, 4.69) is 5.32 Å². The molecular formula is C12H16ClNO2. The molecule has 1 amide bonds. The van der Waals surface area contributed by atoms with Crippen LogP contribution in [0.15, 0.2) is 24.3 Å². The van der Waals surface area contributed by atoms with Crippen LogP contribution in [0.3, 0.4) is 0 Å². The fourth-order valence-electron chi connectivity index (χ4n) is 1.59. The Hall–Kier alpha value is -1.22. The number of hydrogen-bond donors (Lipinski definition) is 1. The molecule has 0 aliphatic carbocycles. The van der Waals surface area contributed by atoms with Crippen molar-refractivity contribution in [3.63, 3.8) is 0 Å². The lowest BCUT2D eigenvalue weighted by Crippen LogP contribution is -2.34. The van der Waals surface area contributed by atoms with Crippen molar-refractivity contribution in [2.75, 3.05) is 13.7 Å². The topological polar surface area (TPSA) is 38.3 Å². The van der Waals surface area contributed by atoms with Crippen LogP contribution in [0, 0.1) is 0 Å². The van der Waals surface area contributed by atoms with Crippen molar-refractivity contribution < 1.29 is 9.53 Å². The molecule has 16 heavy (non-hydrogen) atoms. The van der Waals surface area contributed by atoms with Gasteiger partial charge in [0.05, 0.1) is 7.11 Å². The number of benzene rings is 1. The number of halogens is 1. The van der Waals surface area contributed by atoms with Gasteiger partial charge in [0.1, 0.15) is 5.75 Å². The Labute approximate surface area is 101 Å².